The molecule has 2 aliphatic heterocycles. The van der Waals surface area contributed by atoms with Crippen LogP contribution in [-0.4, -0.2) is 75.4 Å². The largest absolute Gasteiger partial charge is 0.361 e. The summed E-state index contributed by atoms with van der Waals surface area (Å²) in [4.78, 5) is 36.8. The van der Waals surface area contributed by atoms with E-state index in [2.05, 4.69) is 20.2 Å². The molecule has 1 fully saturated rings. The summed E-state index contributed by atoms with van der Waals surface area (Å²) in [6.45, 7) is 7.02. The van der Waals surface area contributed by atoms with E-state index in [1.165, 1.54) is 11.8 Å². The monoisotopic (exact) mass is 482 g/mol. The second kappa shape index (κ2) is 9.59. The maximum absolute atomic E-state index is 13.1. The van der Waals surface area contributed by atoms with Crippen LogP contribution in [0.25, 0.3) is 11.5 Å². The number of amides is 2. The van der Waals surface area contributed by atoms with Gasteiger partial charge in [-0.1, -0.05) is 22.4 Å². The summed E-state index contributed by atoms with van der Waals surface area (Å²) in [5.41, 5.74) is 2.27. The highest BCUT2D eigenvalue weighted by molar-refractivity contribution is 8.00. The highest BCUT2D eigenvalue weighted by atomic mass is 32.2. The van der Waals surface area contributed by atoms with Crippen molar-refractivity contribution in [1.82, 2.24) is 25.1 Å². The van der Waals surface area contributed by atoms with Gasteiger partial charge in [-0.3, -0.25) is 14.5 Å². The molecule has 3 aromatic rings. The molecule has 10 nitrogen and oxygen atoms in total. The zero-order valence-electron chi connectivity index (χ0n) is 19.2. The number of fused-ring (bicyclic) bond motifs is 1. The summed E-state index contributed by atoms with van der Waals surface area (Å²) in [5, 5.41) is 8.05. The number of aromatic nitrogens is 3. The molecule has 0 aliphatic carbocycles. The van der Waals surface area contributed by atoms with Crippen LogP contribution >= 0.6 is 11.8 Å². The van der Waals surface area contributed by atoms with Crippen LogP contribution in [0.1, 0.15) is 23.7 Å². The van der Waals surface area contributed by atoms with Crippen molar-refractivity contribution in [3.8, 4) is 11.5 Å². The van der Waals surface area contributed by atoms with E-state index in [0.29, 0.717) is 55.1 Å². The number of aryl methyl sites for hydroxylation is 2. The van der Waals surface area contributed by atoms with Crippen molar-refractivity contribution in [3.63, 3.8) is 0 Å². The Labute approximate surface area is 201 Å². The molecule has 1 aromatic carbocycles. The summed E-state index contributed by atoms with van der Waals surface area (Å²) in [7, 11) is 0. The standard InChI is InChI=1S/C23H26N6O4S/c1-15-22(16(2)32-25-15)23-24-19(26-33-23)12-27-8-5-9-28(11-10-27)20(30)13-29-17-6-3-4-7-18(17)34-14-21(29)31/h3-4,6-7H,5,8-14H2,1-2H3. The molecule has 0 N–H and O–H groups in total. The van der Waals surface area contributed by atoms with Crippen molar-refractivity contribution in [1.29, 1.82) is 0 Å². The van der Waals surface area contributed by atoms with Gasteiger partial charge in [-0.2, -0.15) is 4.98 Å². The lowest BCUT2D eigenvalue weighted by Gasteiger charge is -2.30. The van der Waals surface area contributed by atoms with Crippen LogP contribution in [0.2, 0.25) is 0 Å². The van der Waals surface area contributed by atoms with E-state index in [1.54, 1.807) is 4.90 Å². The lowest BCUT2D eigenvalue weighted by Crippen LogP contribution is -2.46. The van der Waals surface area contributed by atoms with Crippen molar-refractivity contribution in [2.45, 2.75) is 31.7 Å². The number of carbonyl (C=O) groups is 2. The Kier molecular flexibility index (Phi) is 6.38. The third-order valence-corrected chi connectivity index (χ3v) is 7.17. The topological polar surface area (TPSA) is 109 Å². The van der Waals surface area contributed by atoms with Gasteiger partial charge in [-0.05, 0) is 32.4 Å². The minimum Gasteiger partial charge on any atom is -0.361 e. The Morgan fingerprint density at radius 1 is 1.09 bits per heavy atom. The van der Waals surface area contributed by atoms with Crippen molar-refractivity contribution in [2.75, 3.05) is 43.4 Å². The number of anilines is 1. The first kappa shape index (κ1) is 22.6. The average molecular weight is 483 g/mol. The van der Waals surface area contributed by atoms with Gasteiger partial charge in [0.1, 0.15) is 17.9 Å². The summed E-state index contributed by atoms with van der Waals surface area (Å²) in [6, 6.07) is 7.74. The fourth-order valence-electron chi connectivity index (χ4n) is 4.35. The number of hydrogen-bond acceptors (Lipinski definition) is 9. The molecule has 11 heteroatoms. The zero-order valence-corrected chi connectivity index (χ0v) is 20.0. The normalized spacial score (nSPS) is 17.1. The van der Waals surface area contributed by atoms with E-state index in [4.69, 9.17) is 9.05 Å². The Balaban J connectivity index is 1.19. The highest BCUT2D eigenvalue weighted by Crippen LogP contribution is 2.34. The number of para-hydroxylation sites is 1. The number of thioether (sulfide) groups is 1. The van der Waals surface area contributed by atoms with E-state index in [9.17, 15) is 9.59 Å². The van der Waals surface area contributed by atoms with Crippen molar-refractivity contribution in [2.24, 2.45) is 0 Å². The molecule has 5 rings (SSSR count). The van der Waals surface area contributed by atoms with Gasteiger partial charge in [0.2, 0.25) is 11.8 Å². The van der Waals surface area contributed by atoms with Crippen LogP contribution in [0, 0.1) is 13.8 Å². The van der Waals surface area contributed by atoms with E-state index < -0.39 is 0 Å². The highest BCUT2D eigenvalue weighted by Gasteiger charge is 2.29. The smallest absolute Gasteiger partial charge is 0.263 e. The Morgan fingerprint density at radius 2 is 1.94 bits per heavy atom. The summed E-state index contributed by atoms with van der Waals surface area (Å²) in [5.74, 6) is 1.94. The van der Waals surface area contributed by atoms with Gasteiger partial charge in [0.05, 0.1) is 23.7 Å². The fraction of sp³-hybridized carbons (Fsp3) is 0.435. The first-order chi connectivity index (χ1) is 16.5. The molecule has 2 aromatic heterocycles. The van der Waals surface area contributed by atoms with Crippen LogP contribution in [0.4, 0.5) is 5.69 Å². The Hall–Kier alpha value is -3.18. The maximum Gasteiger partial charge on any atom is 0.263 e. The predicted molar refractivity (Wildman–Crippen MR) is 125 cm³/mol. The molecule has 0 unspecified atom stereocenters. The predicted octanol–water partition coefficient (Wildman–Crippen LogP) is 2.51. The summed E-state index contributed by atoms with van der Waals surface area (Å²) >= 11 is 1.52. The quantitative estimate of drug-likeness (QED) is 0.542. The number of nitrogens with zero attached hydrogens (tertiary/aromatic N) is 6. The first-order valence-corrected chi connectivity index (χ1v) is 12.3. The van der Waals surface area contributed by atoms with Gasteiger partial charge in [0, 0.05) is 31.1 Å². The van der Waals surface area contributed by atoms with Gasteiger partial charge in [-0.25, -0.2) is 0 Å². The molecule has 0 atom stereocenters. The molecule has 2 aliphatic rings. The zero-order chi connectivity index (χ0) is 23.7. The molecular weight excluding hydrogens is 456 g/mol. The molecule has 178 valence electrons. The second-order valence-electron chi connectivity index (χ2n) is 8.46. The molecule has 1 saturated heterocycles. The number of benzene rings is 1. The number of carbonyl (C=O) groups excluding carboxylic acids is 2. The molecule has 0 bridgehead atoms. The molecule has 0 spiro atoms. The minimum atomic E-state index is -0.0304. The van der Waals surface area contributed by atoms with Gasteiger partial charge in [0.15, 0.2) is 5.82 Å². The molecule has 2 amide bonds. The van der Waals surface area contributed by atoms with E-state index in [0.717, 1.165) is 29.1 Å². The first-order valence-electron chi connectivity index (χ1n) is 11.3. The average Bonchev–Trinajstić information content (AvgIpc) is 3.33. The van der Waals surface area contributed by atoms with Crippen molar-refractivity contribution >= 4 is 29.3 Å². The van der Waals surface area contributed by atoms with Gasteiger partial charge in [-0.15, -0.1) is 11.8 Å². The van der Waals surface area contributed by atoms with Crippen LogP contribution < -0.4 is 4.90 Å². The third-order valence-electron chi connectivity index (χ3n) is 6.12. The maximum atomic E-state index is 13.1. The molecule has 34 heavy (non-hydrogen) atoms. The number of hydrogen-bond donors (Lipinski definition) is 0. The molecular formula is C23H26N6O4S. The Morgan fingerprint density at radius 3 is 2.76 bits per heavy atom. The van der Waals surface area contributed by atoms with Crippen LogP contribution in [0.3, 0.4) is 0 Å². The van der Waals surface area contributed by atoms with E-state index in [-0.39, 0.29) is 18.4 Å². The van der Waals surface area contributed by atoms with Crippen LogP contribution in [0.5, 0.6) is 0 Å². The second-order valence-corrected chi connectivity index (χ2v) is 9.48. The summed E-state index contributed by atoms with van der Waals surface area (Å²) < 4.78 is 10.6. The van der Waals surface area contributed by atoms with Crippen LogP contribution in [-0.2, 0) is 16.1 Å². The number of rotatable bonds is 5. The van der Waals surface area contributed by atoms with Crippen molar-refractivity contribution < 1.29 is 18.6 Å². The summed E-state index contributed by atoms with van der Waals surface area (Å²) in [6.07, 6.45) is 0.834. The van der Waals surface area contributed by atoms with Crippen molar-refractivity contribution in [3.05, 3.63) is 41.5 Å². The fourth-order valence-corrected chi connectivity index (χ4v) is 5.28. The SMILES string of the molecule is Cc1noc(C)c1-c1nc(CN2CCCN(C(=O)CN3C(=O)CSc4ccccc43)CC2)no1. The van der Waals surface area contributed by atoms with Gasteiger partial charge in [0.25, 0.3) is 5.89 Å². The van der Waals surface area contributed by atoms with Crippen LogP contribution in [0.15, 0.2) is 38.2 Å². The Bertz CT molecular complexity index is 1190. The minimum absolute atomic E-state index is 0.0281. The molecule has 0 saturated carbocycles. The lowest BCUT2D eigenvalue weighted by atomic mass is 10.2. The molecule has 0 radical (unpaired) electrons. The third kappa shape index (κ3) is 4.58. The van der Waals surface area contributed by atoms with Gasteiger partial charge >= 0.3 is 0 Å². The van der Waals surface area contributed by atoms with E-state index >= 15 is 0 Å². The van der Waals surface area contributed by atoms with E-state index in [1.807, 2.05) is 43.0 Å². The van der Waals surface area contributed by atoms with Gasteiger partial charge < -0.3 is 18.8 Å². The molecule has 4 heterocycles. The lowest BCUT2D eigenvalue weighted by molar-refractivity contribution is -0.131.